The number of amides is 1. The monoisotopic (exact) mass is 345 g/mol. The van der Waals surface area contributed by atoms with Gasteiger partial charge in [-0.25, -0.2) is 13.2 Å². The molecule has 134 valence electrons. The molecule has 1 amide bonds. The summed E-state index contributed by atoms with van der Waals surface area (Å²) in [4.78, 5) is 14.2. The van der Waals surface area contributed by atoms with E-state index in [2.05, 4.69) is 0 Å². The predicted molar refractivity (Wildman–Crippen MR) is 82.3 cm³/mol. The minimum absolute atomic E-state index is 0.0993. The van der Waals surface area contributed by atoms with Crippen LogP contribution in [0.15, 0.2) is 24.3 Å². The number of benzene rings is 1. The number of morpholine rings is 1. The van der Waals surface area contributed by atoms with E-state index in [9.17, 15) is 18.0 Å². The van der Waals surface area contributed by atoms with Crippen molar-refractivity contribution >= 4 is 5.91 Å². The second kappa shape index (κ2) is 7.98. The molecule has 1 atom stereocenters. The minimum Gasteiger partial charge on any atom is -0.374 e. The Morgan fingerprint density at radius 3 is 2.79 bits per heavy atom. The highest BCUT2D eigenvalue weighted by molar-refractivity contribution is 5.82. The van der Waals surface area contributed by atoms with Gasteiger partial charge in [0.15, 0.2) is 0 Å². The molecule has 1 saturated heterocycles. The zero-order valence-electron chi connectivity index (χ0n) is 13.8. The van der Waals surface area contributed by atoms with Gasteiger partial charge in [-0.05, 0) is 19.9 Å². The third-order valence-electron chi connectivity index (χ3n) is 3.89. The van der Waals surface area contributed by atoms with Crippen molar-refractivity contribution in [1.82, 2.24) is 4.90 Å². The average molecular weight is 345 g/mol. The number of alkyl halides is 2. The number of carbonyl (C=O) groups is 1. The molecule has 1 aliphatic heterocycles. The molecular weight excluding hydrogens is 323 g/mol. The summed E-state index contributed by atoms with van der Waals surface area (Å²) in [7, 11) is 0. The van der Waals surface area contributed by atoms with Crippen molar-refractivity contribution < 1.29 is 27.4 Å². The standard InChI is InChI=1S/C17H22F3NO3/c1-17(2,11-23-10-15(19)20)16(22)21-7-8-24-14(9-21)12-5-3-4-6-13(12)18/h3-6,14-15H,7-11H2,1-2H3. The van der Waals surface area contributed by atoms with E-state index in [1.807, 2.05) is 0 Å². The predicted octanol–water partition coefficient (Wildman–Crippen LogP) is 3.03. The number of rotatable bonds is 6. The zero-order valence-corrected chi connectivity index (χ0v) is 13.8. The molecule has 1 fully saturated rings. The molecule has 0 spiro atoms. The lowest BCUT2D eigenvalue weighted by Crippen LogP contribution is -2.49. The average Bonchev–Trinajstić information content (AvgIpc) is 2.54. The normalized spacial score (nSPS) is 18.9. The van der Waals surface area contributed by atoms with Crippen LogP contribution in [0, 0.1) is 11.2 Å². The van der Waals surface area contributed by atoms with E-state index in [1.165, 1.54) is 6.07 Å². The van der Waals surface area contributed by atoms with Crippen molar-refractivity contribution in [1.29, 1.82) is 0 Å². The summed E-state index contributed by atoms with van der Waals surface area (Å²) >= 11 is 0. The van der Waals surface area contributed by atoms with Crippen LogP contribution in [-0.4, -0.2) is 50.1 Å². The van der Waals surface area contributed by atoms with Crippen LogP contribution in [0.25, 0.3) is 0 Å². The van der Waals surface area contributed by atoms with E-state index in [0.29, 0.717) is 18.7 Å². The first-order valence-corrected chi connectivity index (χ1v) is 7.82. The molecule has 1 aromatic rings. The van der Waals surface area contributed by atoms with Crippen LogP contribution >= 0.6 is 0 Å². The zero-order chi connectivity index (χ0) is 17.7. The van der Waals surface area contributed by atoms with E-state index in [0.717, 1.165) is 0 Å². The summed E-state index contributed by atoms with van der Waals surface area (Å²) < 4.78 is 48.7. The Kier molecular flexibility index (Phi) is 6.23. The van der Waals surface area contributed by atoms with Crippen molar-refractivity contribution in [3.8, 4) is 0 Å². The highest BCUT2D eigenvalue weighted by atomic mass is 19.3. The van der Waals surface area contributed by atoms with Gasteiger partial charge >= 0.3 is 0 Å². The van der Waals surface area contributed by atoms with E-state index >= 15 is 0 Å². The van der Waals surface area contributed by atoms with E-state index < -0.39 is 24.6 Å². The van der Waals surface area contributed by atoms with Gasteiger partial charge in [0.2, 0.25) is 5.91 Å². The highest BCUT2D eigenvalue weighted by Crippen LogP contribution is 2.28. The van der Waals surface area contributed by atoms with E-state index in [1.54, 1.807) is 36.9 Å². The lowest BCUT2D eigenvalue weighted by atomic mass is 9.92. The molecular formula is C17H22F3NO3. The SMILES string of the molecule is CC(C)(COCC(F)F)C(=O)N1CCOC(c2ccccc2F)C1. The molecule has 1 heterocycles. The Morgan fingerprint density at radius 2 is 2.12 bits per heavy atom. The number of ether oxygens (including phenoxy) is 2. The molecule has 1 aromatic carbocycles. The highest BCUT2D eigenvalue weighted by Gasteiger charge is 2.36. The fraction of sp³-hybridized carbons (Fsp3) is 0.588. The third kappa shape index (κ3) is 4.70. The Labute approximate surface area is 139 Å². The van der Waals surface area contributed by atoms with Gasteiger partial charge in [0, 0.05) is 12.1 Å². The van der Waals surface area contributed by atoms with Crippen molar-refractivity contribution in [2.45, 2.75) is 26.4 Å². The summed E-state index contributed by atoms with van der Waals surface area (Å²) in [6.45, 7) is 3.39. The minimum atomic E-state index is -2.57. The Bertz CT molecular complexity index is 566. The van der Waals surface area contributed by atoms with Gasteiger partial charge in [-0.2, -0.15) is 0 Å². The largest absolute Gasteiger partial charge is 0.374 e. The summed E-state index contributed by atoms with van der Waals surface area (Å²) in [5, 5.41) is 0. The maximum Gasteiger partial charge on any atom is 0.261 e. The molecule has 0 N–H and O–H groups in total. The van der Waals surface area contributed by atoms with Gasteiger partial charge in [-0.15, -0.1) is 0 Å². The van der Waals surface area contributed by atoms with Crippen LogP contribution in [0.4, 0.5) is 13.2 Å². The van der Waals surface area contributed by atoms with Gasteiger partial charge in [-0.3, -0.25) is 4.79 Å². The molecule has 0 aromatic heterocycles. The second-order valence-electron chi connectivity index (χ2n) is 6.42. The molecule has 4 nitrogen and oxygen atoms in total. The summed E-state index contributed by atoms with van der Waals surface area (Å²) in [5.74, 6) is -0.599. The maximum atomic E-state index is 13.9. The van der Waals surface area contributed by atoms with Gasteiger partial charge in [0.25, 0.3) is 6.43 Å². The topological polar surface area (TPSA) is 38.8 Å². The van der Waals surface area contributed by atoms with Crippen molar-refractivity contribution in [2.75, 3.05) is 32.9 Å². The fourth-order valence-electron chi connectivity index (χ4n) is 2.65. The summed E-state index contributed by atoms with van der Waals surface area (Å²) in [5.41, 5.74) is -0.534. The lowest BCUT2D eigenvalue weighted by molar-refractivity contribution is -0.152. The van der Waals surface area contributed by atoms with Gasteiger partial charge in [0.1, 0.15) is 18.5 Å². The molecule has 1 aliphatic rings. The quantitative estimate of drug-likeness (QED) is 0.795. The summed E-state index contributed by atoms with van der Waals surface area (Å²) in [6.07, 6.45) is -3.11. The van der Waals surface area contributed by atoms with Gasteiger partial charge in [-0.1, -0.05) is 18.2 Å². The molecule has 0 bridgehead atoms. The van der Waals surface area contributed by atoms with Crippen LogP contribution in [0.1, 0.15) is 25.5 Å². The van der Waals surface area contributed by atoms with Crippen molar-refractivity contribution in [2.24, 2.45) is 5.41 Å². The first-order chi connectivity index (χ1) is 11.3. The molecule has 7 heteroatoms. The molecule has 1 unspecified atom stereocenters. The Morgan fingerprint density at radius 1 is 1.42 bits per heavy atom. The number of hydrogen-bond donors (Lipinski definition) is 0. The number of halogens is 3. The molecule has 0 radical (unpaired) electrons. The van der Waals surface area contributed by atoms with Crippen LogP contribution in [-0.2, 0) is 14.3 Å². The number of carbonyl (C=O) groups excluding carboxylic acids is 1. The van der Waals surface area contributed by atoms with Crippen LogP contribution in [0.3, 0.4) is 0 Å². The molecule has 2 rings (SSSR count). The van der Waals surface area contributed by atoms with Crippen LogP contribution < -0.4 is 0 Å². The van der Waals surface area contributed by atoms with Crippen LogP contribution in [0.2, 0.25) is 0 Å². The molecule has 24 heavy (non-hydrogen) atoms. The Balaban J connectivity index is 2.00. The fourth-order valence-corrected chi connectivity index (χ4v) is 2.65. The van der Waals surface area contributed by atoms with Crippen molar-refractivity contribution in [3.05, 3.63) is 35.6 Å². The number of nitrogens with zero attached hydrogens (tertiary/aromatic N) is 1. The number of hydrogen-bond acceptors (Lipinski definition) is 3. The lowest BCUT2D eigenvalue weighted by Gasteiger charge is -2.37. The van der Waals surface area contributed by atoms with Gasteiger partial charge < -0.3 is 14.4 Å². The second-order valence-corrected chi connectivity index (χ2v) is 6.42. The summed E-state index contributed by atoms with van der Waals surface area (Å²) in [6, 6.07) is 6.28. The van der Waals surface area contributed by atoms with Crippen LogP contribution in [0.5, 0.6) is 0 Å². The first-order valence-electron chi connectivity index (χ1n) is 7.82. The third-order valence-corrected chi connectivity index (χ3v) is 3.89. The first kappa shape index (κ1) is 18.7. The smallest absolute Gasteiger partial charge is 0.261 e. The molecule has 0 saturated carbocycles. The van der Waals surface area contributed by atoms with Crippen molar-refractivity contribution in [3.63, 3.8) is 0 Å². The van der Waals surface area contributed by atoms with E-state index in [-0.39, 0.29) is 24.9 Å². The maximum absolute atomic E-state index is 13.9. The van der Waals surface area contributed by atoms with E-state index in [4.69, 9.17) is 9.47 Å². The Hall–Kier alpha value is -1.60. The molecule has 0 aliphatic carbocycles. The van der Waals surface area contributed by atoms with Gasteiger partial charge in [0.05, 0.1) is 25.2 Å².